The molecule has 0 aromatic carbocycles. The Morgan fingerprint density at radius 2 is 1.70 bits per heavy atom. The van der Waals surface area contributed by atoms with E-state index >= 15 is 0 Å². The Balaban J connectivity index is 1.99. The van der Waals surface area contributed by atoms with Crippen LogP contribution < -0.4 is 0 Å². The zero-order chi connectivity index (χ0) is 20.5. The lowest BCUT2D eigenvalue weighted by Crippen LogP contribution is -2.41. The largest absolute Gasteiger partial charge is 0.517 e. The van der Waals surface area contributed by atoms with E-state index in [-0.39, 0.29) is 22.6 Å². The molecule has 2 fully saturated rings. The molecule has 0 spiro atoms. The first-order valence-electron chi connectivity index (χ1n) is 9.96. The van der Waals surface area contributed by atoms with Crippen LogP contribution in [0.15, 0.2) is 47.6 Å². The minimum absolute atomic E-state index is 0.00255. The molecule has 2 aliphatic rings. The number of carbonyl (C=O) groups is 1. The summed E-state index contributed by atoms with van der Waals surface area (Å²) in [6.07, 6.45) is 15.5. The first kappa shape index (κ1) is 21.9. The minimum atomic E-state index is -1.84. The molecular formula is C23H36O3Si. The lowest BCUT2D eigenvalue weighted by atomic mass is 9.64. The maximum atomic E-state index is 11.8. The number of hydrogen-bond acceptors (Lipinski definition) is 3. The van der Waals surface area contributed by atoms with E-state index in [1.165, 1.54) is 12.8 Å². The third-order valence-electron chi connectivity index (χ3n) is 5.64. The molecule has 0 aromatic heterocycles. The molecule has 0 bridgehead atoms. The van der Waals surface area contributed by atoms with Gasteiger partial charge >= 0.3 is 5.97 Å². The van der Waals surface area contributed by atoms with Crippen molar-refractivity contribution in [2.45, 2.75) is 84.7 Å². The smallest absolute Gasteiger partial charge is 0.317 e. The fourth-order valence-corrected chi connectivity index (χ4v) is 4.79. The Morgan fingerprint density at radius 3 is 2.30 bits per heavy atom. The third kappa shape index (κ3) is 5.11. The Kier molecular flexibility index (Phi) is 6.13. The van der Waals surface area contributed by atoms with Gasteiger partial charge in [0.2, 0.25) is 8.32 Å². The summed E-state index contributed by atoms with van der Waals surface area (Å²) in [7, 11) is -1.84. The van der Waals surface area contributed by atoms with Crippen molar-refractivity contribution in [1.29, 1.82) is 0 Å². The van der Waals surface area contributed by atoms with E-state index in [4.69, 9.17) is 9.16 Å². The van der Waals surface area contributed by atoms with Crippen LogP contribution >= 0.6 is 0 Å². The van der Waals surface area contributed by atoms with Crippen LogP contribution in [0.4, 0.5) is 0 Å². The van der Waals surface area contributed by atoms with Crippen LogP contribution in [-0.2, 0) is 14.0 Å². The minimum Gasteiger partial charge on any atom is -0.517 e. The molecule has 2 unspecified atom stereocenters. The summed E-state index contributed by atoms with van der Waals surface area (Å²) in [5, 5.41) is 0. The summed E-state index contributed by atoms with van der Waals surface area (Å²) in [5.41, 5.74) is 2.09. The van der Waals surface area contributed by atoms with Crippen molar-refractivity contribution >= 4 is 14.3 Å². The van der Waals surface area contributed by atoms with Crippen LogP contribution in [0.2, 0.25) is 19.6 Å². The Hall–Kier alpha value is -1.39. The molecule has 0 radical (unpaired) electrons. The maximum Gasteiger partial charge on any atom is 0.317 e. The van der Waals surface area contributed by atoms with Gasteiger partial charge in [-0.05, 0) is 71.3 Å². The molecule has 2 atom stereocenters. The summed E-state index contributed by atoms with van der Waals surface area (Å²) in [5.74, 6) is -0.249. The number of allylic oxidation sites excluding steroid dienone is 6. The van der Waals surface area contributed by atoms with Gasteiger partial charge in [-0.1, -0.05) is 43.7 Å². The quantitative estimate of drug-likeness (QED) is 0.238. The molecule has 1 saturated heterocycles. The lowest BCUT2D eigenvalue weighted by molar-refractivity contribution is -0.129. The SMILES string of the molecule is CC(C=CC12OC1(C)CCCC2(C)C)=CC=CC(C)=CC(=O)O[Si](C)(C)C. The maximum absolute atomic E-state index is 11.8. The zero-order valence-corrected chi connectivity index (χ0v) is 19.3. The number of rotatable bonds is 6. The summed E-state index contributed by atoms with van der Waals surface area (Å²) < 4.78 is 11.7. The number of fused-ring (bicyclic) bond motifs is 1. The molecule has 0 amide bonds. The molecule has 1 aliphatic heterocycles. The van der Waals surface area contributed by atoms with Crippen molar-refractivity contribution in [2.24, 2.45) is 5.41 Å². The van der Waals surface area contributed by atoms with Gasteiger partial charge in [0.1, 0.15) is 5.60 Å². The highest BCUT2D eigenvalue weighted by molar-refractivity contribution is 6.71. The van der Waals surface area contributed by atoms with Gasteiger partial charge < -0.3 is 9.16 Å². The standard InChI is InChI=1S/C23H36O3Si/c1-18(11-9-12-19(2)17-20(24)25-27(6,7)8)13-16-23-21(3,4)14-10-15-22(23,5)26-23/h9,11-13,16-17H,10,14-15H2,1-8H3. The topological polar surface area (TPSA) is 38.8 Å². The Labute approximate surface area is 166 Å². The Bertz CT molecular complexity index is 706. The van der Waals surface area contributed by atoms with Crippen molar-refractivity contribution < 1.29 is 14.0 Å². The van der Waals surface area contributed by atoms with E-state index in [2.05, 4.69) is 45.9 Å². The first-order valence-corrected chi connectivity index (χ1v) is 13.4. The summed E-state index contributed by atoms with van der Waals surface area (Å²) in [6.45, 7) is 16.9. The van der Waals surface area contributed by atoms with E-state index in [1.807, 2.05) is 38.7 Å². The summed E-state index contributed by atoms with van der Waals surface area (Å²) in [4.78, 5) is 11.8. The predicted octanol–water partition coefficient (Wildman–Crippen LogP) is 6.11. The molecular weight excluding hydrogens is 352 g/mol. The van der Waals surface area contributed by atoms with E-state index in [0.29, 0.717) is 0 Å². The highest BCUT2D eigenvalue weighted by Crippen LogP contribution is 2.66. The number of carbonyl (C=O) groups excluding carboxylic acids is 1. The molecule has 1 heterocycles. The highest BCUT2D eigenvalue weighted by Gasteiger charge is 2.73. The van der Waals surface area contributed by atoms with Gasteiger partial charge in [-0.25, -0.2) is 4.79 Å². The monoisotopic (exact) mass is 388 g/mol. The van der Waals surface area contributed by atoms with Crippen molar-refractivity contribution in [3.63, 3.8) is 0 Å². The van der Waals surface area contributed by atoms with Gasteiger partial charge in [0.05, 0.1) is 5.60 Å². The van der Waals surface area contributed by atoms with Crippen LogP contribution in [0.3, 0.4) is 0 Å². The van der Waals surface area contributed by atoms with Crippen LogP contribution in [0, 0.1) is 5.41 Å². The molecule has 1 saturated carbocycles. The molecule has 3 nitrogen and oxygen atoms in total. The zero-order valence-electron chi connectivity index (χ0n) is 18.3. The van der Waals surface area contributed by atoms with Gasteiger partial charge in [0.25, 0.3) is 0 Å². The van der Waals surface area contributed by atoms with Gasteiger partial charge in [-0.2, -0.15) is 0 Å². The fourth-order valence-electron chi connectivity index (χ4n) is 4.13. The number of hydrogen-bond donors (Lipinski definition) is 0. The van der Waals surface area contributed by atoms with Crippen LogP contribution in [-0.4, -0.2) is 25.5 Å². The van der Waals surface area contributed by atoms with Crippen molar-refractivity contribution in [2.75, 3.05) is 0 Å². The molecule has 150 valence electrons. The molecule has 0 aromatic rings. The van der Waals surface area contributed by atoms with Gasteiger partial charge in [0, 0.05) is 11.5 Å². The van der Waals surface area contributed by atoms with Crippen LogP contribution in [0.1, 0.15) is 53.9 Å². The van der Waals surface area contributed by atoms with Crippen molar-refractivity contribution in [1.82, 2.24) is 0 Å². The van der Waals surface area contributed by atoms with Gasteiger partial charge in [-0.3, -0.25) is 0 Å². The molecule has 0 N–H and O–H groups in total. The van der Waals surface area contributed by atoms with Crippen molar-refractivity contribution in [3.05, 3.63) is 47.6 Å². The third-order valence-corrected chi connectivity index (χ3v) is 6.46. The average Bonchev–Trinajstić information content (AvgIpc) is 3.11. The lowest BCUT2D eigenvalue weighted by Gasteiger charge is -2.36. The fraction of sp³-hybridized carbons (Fsp3) is 0.609. The number of epoxide rings is 1. The molecule has 2 rings (SSSR count). The normalized spacial score (nSPS) is 31.3. The van der Waals surface area contributed by atoms with Gasteiger partial charge in [-0.15, -0.1) is 0 Å². The summed E-state index contributed by atoms with van der Waals surface area (Å²) in [6, 6.07) is 0. The summed E-state index contributed by atoms with van der Waals surface area (Å²) >= 11 is 0. The molecule has 27 heavy (non-hydrogen) atoms. The number of ether oxygens (including phenoxy) is 1. The predicted molar refractivity (Wildman–Crippen MR) is 115 cm³/mol. The van der Waals surface area contributed by atoms with Crippen LogP contribution in [0.25, 0.3) is 0 Å². The van der Waals surface area contributed by atoms with Crippen molar-refractivity contribution in [3.8, 4) is 0 Å². The second kappa shape index (κ2) is 7.55. The average molecular weight is 389 g/mol. The second-order valence-electron chi connectivity index (χ2n) is 9.83. The van der Waals surface area contributed by atoms with E-state index in [1.54, 1.807) is 6.08 Å². The first-order chi connectivity index (χ1) is 12.3. The van der Waals surface area contributed by atoms with E-state index < -0.39 is 8.32 Å². The van der Waals surface area contributed by atoms with Gasteiger partial charge in [0.15, 0.2) is 0 Å². The Morgan fingerprint density at radius 1 is 1.04 bits per heavy atom. The second-order valence-corrected chi connectivity index (χ2v) is 14.3. The van der Waals surface area contributed by atoms with Crippen LogP contribution in [0.5, 0.6) is 0 Å². The van der Waals surface area contributed by atoms with E-state index in [9.17, 15) is 4.79 Å². The molecule has 1 aliphatic carbocycles. The van der Waals surface area contributed by atoms with E-state index in [0.717, 1.165) is 17.6 Å². The molecule has 4 heteroatoms. The highest BCUT2D eigenvalue weighted by atomic mass is 28.4.